The van der Waals surface area contributed by atoms with Crippen molar-refractivity contribution in [1.29, 1.82) is 0 Å². The largest absolute Gasteiger partial charge is 0.326 e. The molecule has 17 heavy (non-hydrogen) atoms. The van der Waals surface area contributed by atoms with Crippen molar-refractivity contribution in [2.45, 2.75) is 39.5 Å². The van der Waals surface area contributed by atoms with Crippen LogP contribution < -0.4 is 5.32 Å². The zero-order valence-corrected chi connectivity index (χ0v) is 10.6. The van der Waals surface area contributed by atoms with E-state index in [0.717, 1.165) is 12.1 Å². The normalized spacial score (nSPS) is 11.9. The number of anilines is 1. The van der Waals surface area contributed by atoms with Crippen molar-refractivity contribution in [3.05, 3.63) is 29.8 Å². The topological polar surface area (TPSA) is 46.2 Å². The van der Waals surface area contributed by atoms with Crippen LogP contribution in [0, 0.1) is 0 Å². The van der Waals surface area contributed by atoms with Gasteiger partial charge in [-0.05, 0) is 37.0 Å². The molecule has 1 rings (SSSR count). The molecule has 3 heteroatoms. The van der Waals surface area contributed by atoms with Crippen LogP contribution in [0.4, 0.5) is 5.69 Å². The highest BCUT2D eigenvalue weighted by Gasteiger charge is 2.06. The highest BCUT2D eigenvalue weighted by molar-refractivity contribution is 6.03. The van der Waals surface area contributed by atoms with Crippen molar-refractivity contribution >= 4 is 17.4 Å². The first-order valence-corrected chi connectivity index (χ1v) is 5.92. The van der Waals surface area contributed by atoms with Gasteiger partial charge >= 0.3 is 0 Å². The molecule has 1 N–H and O–H groups in total. The number of amides is 1. The van der Waals surface area contributed by atoms with Crippen LogP contribution in [0.5, 0.6) is 0 Å². The Morgan fingerprint density at radius 3 is 2.29 bits per heavy atom. The van der Waals surface area contributed by atoms with Crippen molar-refractivity contribution in [1.82, 2.24) is 0 Å². The van der Waals surface area contributed by atoms with E-state index < -0.39 is 0 Å². The van der Waals surface area contributed by atoms with Gasteiger partial charge < -0.3 is 5.32 Å². The summed E-state index contributed by atoms with van der Waals surface area (Å²) in [5.74, 6) is 0.143. The fourth-order valence-electron chi connectivity index (χ4n) is 1.56. The maximum absolute atomic E-state index is 11.4. The summed E-state index contributed by atoms with van der Waals surface area (Å²) in [6.07, 6.45) is 1.03. The number of ketones is 1. The third kappa shape index (κ3) is 4.39. The predicted molar refractivity (Wildman–Crippen MR) is 69.1 cm³/mol. The average molecular weight is 233 g/mol. The van der Waals surface area contributed by atoms with Gasteiger partial charge in [0, 0.05) is 5.69 Å². The number of Topliss-reactive ketones (excluding diaryl/α,β-unsaturated/α-hetero) is 1. The van der Waals surface area contributed by atoms with E-state index in [9.17, 15) is 9.59 Å². The first kappa shape index (κ1) is 13.4. The molecule has 0 bridgehead atoms. The van der Waals surface area contributed by atoms with Crippen LogP contribution in [0.25, 0.3) is 0 Å². The number of hydrogen-bond acceptors (Lipinski definition) is 2. The third-order valence-electron chi connectivity index (χ3n) is 2.79. The van der Waals surface area contributed by atoms with Crippen molar-refractivity contribution < 1.29 is 9.59 Å². The minimum absolute atomic E-state index is 0.0624. The van der Waals surface area contributed by atoms with Gasteiger partial charge in [0.25, 0.3) is 0 Å². The molecule has 0 aliphatic rings. The Bertz CT molecular complexity index is 395. The molecule has 0 radical (unpaired) electrons. The number of carbonyl (C=O) groups is 2. The molecule has 0 saturated heterocycles. The van der Waals surface area contributed by atoms with E-state index in [0.29, 0.717) is 5.92 Å². The summed E-state index contributed by atoms with van der Waals surface area (Å²) >= 11 is 0. The van der Waals surface area contributed by atoms with Crippen molar-refractivity contribution in [3.63, 3.8) is 0 Å². The SMILES string of the molecule is CC[C@H](C)c1ccc(NC(=O)CC(C)=O)cc1. The summed E-state index contributed by atoms with van der Waals surface area (Å²) < 4.78 is 0. The molecule has 1 aromatic carbocycles. The van der Waals surface area contributed by atoms with Gasteiger partial charge in [-0.1, -0.05) is 26.0 Å². The standard InChI is InChI=1S/C14H19NO2/c1-4-10(2)12-5-7-13(8-6-12)15-14(17)9-11(3)16/h5-8,10H,4,9H2,1-3H3,(H,15,17)/t10-/m0/s1. The Balaban J connectivity index is 2.62. The second-order valence-electron chi connectivity index (χ2n) is 4.36. The lowest BCUT2D eigenvalue weighted by Gasteiger charge is -2.10. The van der Waals surface area contributed by atoms with Crippen LogP contribution >= 0.6 is 0 Å². The summed E-state index contributed by atoms with van der Waals surface area (Å²) in [4.78, 5) is 22.1. The number of benzene rings is 1. The van der Waals surface area contributed by atoms with Crippen molar-refractivity contribution in [3.8, 4) is 0 Å². The summed E-state index contributed by atoms with van der Waals surface area (Å²) in [7, 11) is 0. The first-order valence-electron chi connectivity index (χ1n) is 5.92. The van der Waals surface area contributed by atoms with E-state index in [2.05, 4.69) is 19.2 Å². The maximum atomic E-state index is 11.4. The predicted octanol–water partition coefficient (Wildman–Crippen LogP) is 3.12. The van der Waals surface area contributed by atoms with Crippen LogP contribution in [0.1, 0.15) is 45.1 Å². The minimum atomic E-state index is -0.256. The molecule has 3 nitrogen and oxygen atoms in total. The van der Waals surface area contributed by atoms with Crippen LogP contribution in [0.15, 0.2) is 24.3 Å². The van der Waals surface area contributed by atoms with E-state index in [1.54, 1.807) is 0 Å². The Kier molecular flexibility index (Phi) is 4.88. The molecule has 1 amide bonds. The second kappa shape index (κ2) is 6.18. The van der Waals surface area contributed by atoms with Gasteiger partial charge in [-0.25, -0.2) is 0 Å². The van der Waals surface area contributed by atoms with E-state index >= 15 is 0 Å². The summed E-state index contributed by atoms with van der Waals surface area (Å²) in [5.41, 5.74) is 2.00. The molecule has 1 atom stereocenters. The summed E-state index contributed by atoms with van der Waals surface area (Å²) in [6, 6.07) is 7.77. The monoisotopic (exact) mass is 233 g/mol. The lowest BCUT2D eigenvalue weighted by Crippen LogP contribution is -2.14. The molecule has 0 aliphatic carbocycles. The van der Waals surface area contributed by atoms with Crippen LogP contribution in [-0.4, -0.2) is 11.7 Å². The first-order chi connectivity index (χ1) is 8.02. The number of rotatable bonds is 5. The van der Waals surface area contributed by atoms with Gasteiger partial charge in [-0.15, -0.1) is 0 Å². The van der Waals surface area contributed by atoms with E-state index in [4.69, 9.17) is 0 Å². The third-order valence-corrected chi connectivity index (χ3v) is 2.79. The lowest BCUT2D eigenvalue weighted by molar-refractivity contribution is -0.124. The molecular formula is C14H19NO2. The molecule has 1 aromatic rings. The average Bonchev–Trinajstić information content (AvgIpc) is 2.28. The molecule has 0 fully saturated rings. The van der Waals surface area contributed by atoms with Gasteiger partial charge in [0.05, 0.1) is 6.42 Å². The molecule has 0 saturated carbocycles. The molecule has 0 heterocycles. The van der Waals surface area contributed by atoms with E-state index in [-0.39, 0.29) is 18.1 Å². The fourth-order valence-corrected chi connectivity index (χ4v) is 1.56. The fraction of sp³-hybridized carbons (Fsp3) is 0.429. The van der Waals surface area contributed by atoms with Gasteiger partial charge in [-0.2, -0.15) is 0 Å². The summed E-state index contributed by atoms with van der Waals surface area (Å²) in [6.45, 7) is 5.72. The maximum Gasteiger partial charge on any atom is 0.231 e. The molecule has 0 aliphatic heterocycles. The molecule has 0 spiro atoms. The Morgan fingerprint density at radius 2 is 1.82 bits per heavy atom. The molecule has 92 valence electrons. The van der Waals surface area contributed by atoms with Gasteiger partial charge in [0.2, 0.25) is 5.91 Å². The number of carbonyl (C=O) groups excluding carboxylic acids is 2. The molecule has 0 aromatic heterocycles. The van der Waals surface area contributed by atoms with Gasteiger partial charge in [0.15, 0.2) is 0 Å². The number of hydrogen-bond donors (Lipinski definition) is 1. The van der Waals surface area contributed by atoms with E-state index in [1.165, 1.54) is 12.5 Å². The van der Waals surface area contributed by atoms with Gasteiger partial charge in [0.1, 0.15) is 5.78 Å². The number of nitrogens with one attached hydrogen (secondary N) is 1. The molecular weight excluding hydrogens is 214 g/mol. The summed E-state index contributed by atoms with van der Waals surface area (Å²) in [5, 5.41) is 2.70. The van der Waals surface area contributed by atoms with Crippen molar-refractivity contribution in [2.75, 3.05) is 5.32 Å². The zero-order valence-electron chi connectivity index (χ0n) is 10.6. The quantitative estimate of drug-likeness (QED) is 0.794. The van der Waals surface area contributed by atoms with Gasteiger partial charge in [-0.3, -0.25) is 9.59 Å². The van der Waals surface area contributed by atoms with Crippen LogP contribution in [0.3, 0.4) is 0 Å². The smallest absolute Gasteiger partial charge is 0.231 e. The highest BCUT2D eigenvalue weighted by Crippen LogP contribution is 2.20. The van der Waals surface area contributed by atoms with Crippen molar-refractivity contribution in [2.24, 2.45) is 0 Å². The Hall–Kier alpha value is -1.64. The Labute approximate surface area is 102 Å². The zero-order chi connectivity index (χ0) is 12.8. The second-order valence-corrected chi connectivity index (χ2v) is 4.36. The van der Waals surface area contributed by atoms with Crippen LogP contribution in [0.2, 0.25) is 0 Å². The van der Waals surface area contributed by atoms with Crippen LogP contribution in [-0.2, 0) is 9.59 Å². The van der Waals surface area contributed by atoms with E-state index in [1.807, 2.05) is 24.3 Å². The Morgan fingerprint density at radius 1 is 1.24 bits per heavy atom. The highest BCUT2D eigenvalue weighted by atomic mass is 16.2. The molecule has 0 unspecified atom stereocenters. The lowest BCUT2D eigenvalue weighted by atomic mass is 9.99. The minimum Gasteiger partial charge on any atom is -0.326 e.